The molecule has 2 aromatic carbocycles. The zero-order chi connectivity index (χ0) is 17.4. The molecule has 2 fully saturated rings. The van der Waals surface area contributed by atoms with Crippen molar-refractivity contribution in [1.29, 1.82) is 0 Å². The number of benzene rings is 2. The number of hydrogen-bond donors (Lipinski definition) is 1. The van der Waals surface area contributed by atoms with E-state index >= 15 is 0 Å². The van der Waals surface area contributed by atoms with Crippen LogP contribution in [0.3, 0.4) is 0 Å². The Morgan fingerprint density at radius 1 is 1.08 bits per heavy atom. The van der Waals surface area contributed by atoms with Crippen LogP contribution in [0.25, 0.3) is 0 Å². The van der Waals surface area contributed by atoms with E-state index in [9.17, 15) is 9.59 Å². The molecule has 2 atom stereocenters. The summed E-state index contributed by atoms with van der Waals surface area (Å²) in [5.41, 5.74) is 2.50. The van der Waals surface area contributed by atoms with E-state index < -0.39 is 0 Å². The molecule has 25 heavy (non-hydrogen) atoms. The molecule has 5 heteroatoms. The molecule has 2 aromatic rings. The van der Waals surface area contributed by atoms with Crippen molar-refractivity contribution in [1.82, 2.24) is 10.2 Å². The minimum atomic E-state index is -0.215. The first-order valence-electron chi connectivity index (χ1n) is 8.66. The molecular weight excluding hydrogens is 314 g/mol. The SMILES string of the molecule is CNC(=O)c1ccc(N2C(=O)[C@@H](c3ccccc3)N3CCC[C@H]23)cc1. The maximum Gasteiger partial charge on any atom is 0.251 e. The number of carbonyl (C=O) groups excluding carboxylic acids is 2. The molecule has 0 saturated carbocycles. The van der Waals surface area contributed by atoms with Gasteiger partial charge in [0.2, 0.25) is 5.91 Å². The van der Waals surface area contributed by atoms with Crippen LogP contribution in [0.2, 0.25) is 0 Å². The van der Waals surface area contributed by atoms with E-state index in [0.29, 0.717) is 5.56 Å². The predicted octanol–water partition coefficient (Wildman–Crippen LogP) is 2.56. The number of anilines is 1. The Balaban J connectivity index is 1.68. The Bertz CT molecular complexity index is 788. The third-order valence-corrected chi connectivity index (χ3v) is 5.11. The first-order chi connectivity index (χ1) is 12.2. The average molecular weight is 335 g/mol. The number of hydrogen-bond acceptors (Lipinski definition) is 3. The van der Waals surface area contributed by atoms with Gasteiger partial charge in [-0.05, 0) is 42.7 Å². The highest BCUT2D eigenvalue weighted by atomic mass is 16.2. The summed E-state index contributed by atoms with van der Waals surface area (Å²) in [6.45, 7) is 0.933. The number of fused-ring (bicyclic) bond motifs is 1. The summed E-state index contributed by atoms with van der Waals surface area (Å²) < 4.78 is 0. The molecule has 2 saturated heterocycles. The maximum absolute atomic E-state index is 13.2. The lowest BCUT2D eigenvalue weighted by atomic mass is 10.1. The molecule has 4 rings (SSSR count). The molecule has 0 radical (unpaired) electrons. The molecule has 2 aliphatic rings. The van der Waals surface area contributed by atoms with Crippen LogP contribution in [-0.2, 0) is 4.79 Å². The fourth-order valence-electron chi connectivity index (χ4n) is 3.96. The van der Waals surface area contributed by atoms with Crippen LogP contribution >= 0.6 is 0 Å². The second kappa shape index (κ2) is 6.33. The standard InChI is InChI=1S/C20H21N3O2/c1-21-19(24)15-9-11-16(12-10-15)23-17-8-5-13-22(17)18(20(23)25)14-6-3-2-4-7-14/h2-4,6-7,9-12,17-18H,5,8,13H2,1H3,(H,21,24)/t17-,18+/m0/s1. The van der Waals surface area contributed by atoms with E-state index in [1.165, 1.54) is 0 Å². The van der Waals surface area contributed by atoms with Crippen molar-refractivity contribution in [2.75, 3.05) is 18.5 Å². The summed E-state index contributed by atoms with van der Waals surface area (Å²) in [7, 11) is 1.61. The number of nitrogens with zero attached hydrogens (tertiary/aromatic N) is 2. The average Bonchev–Trinajstić information content (AvgIpc) is 3.21. The highest BCUT2D eigenvalue weighted by molar-refractivity contribution is 6.01. The molecule has 0 aliphatic carbocycles. The first kappa shape index (κ1) is 15.8. The molecule has 2 heterocycles. The van der Waals surface area contributed by atoms with Crippen molar-refractivity contribution in [2.24, 2.45) is 0 Å². The molecular formula is C20H21N3O2. The van der Waals surface area contributed by atoms with Crippen molar-refractivity contribution in [2.45, 2.75) is 25.0 Å². The van der Waals surface area contributed by atoms with Gasteiger partial charge in [-0.15, -0.1) is 0 Å². The minimum Gasteiger partial charge on any atom is -0.355 e. The van der Waals surface area contributed by atoms with Gasteiger partial charge in [-0.2, -0.15) is 0 Å². The van der Waals surface area contributed by atoms with Crippen molar-refractivity contribution >= 4 is 17.5 Å². The van der Waals surface area contributed by atoms with Crippen LogP contribution < -0.4 is 10.2 Å². The van der Waals surface area contributed by atoms with Gasteiger partial charge < -0.3 is 5.32 Å². The minimum absolute atomic E-state index is 0.101. The normalized spacial score (nSPS) is 22.9. The molecule has 2 aliphatic heterocycles. The highest BCUT2D eigenvalue weighted by Gasteiger charge is 2.49. The zero-order valence-corrected chi connectivity index (χ0v) is 14.2. The van der Waals surface area contributed by atoms with Gasteiger partial charge in [-0.1, -0.05) is 30.3 Å². The van der Waals surface area contributed by atoms with Crippen molar-refractivity contribution in [3.05, 3.63) is 65.7 Å². The van der Waals surface area contributed by atoms with Crippen LogP contribution in [0.5, 0.6) is 0 Å². The maximum atomic E-state index is 13.2. The fraction of sp³-hybridized carbons (Fsp3) is 0.300. The summed E-state index contributed by atoms with van der Waals surface area (Å²) in [5, 5.41) is 2.62. The molecule has 0 bridgehead atoms. The monoisotopic (exact) mass is 335 g/mol. The molecule has 0 spiro atoms. The lowest BCUT2D eigenvalue weighted by Gasteiger charge is -2.24. The van der Waals surface area contributed by atoms with Gasteiger partial charge >= 0.3 is 0 Å². The lowest BCUT2D eigenvalue weighted by molar-refractivity contribution is -0.119. The topological polar surface area (TPSA) is 52.7 Å². The van der Waals surface area contributed by atoms with Crippen LogP contribution in [0.15, 0.2) is 54.6 Å². The van der Waals surface area contributed by atoms with E-state index in [1.54, 1.807) is 19.2 Å². The molecule has 1 N–H and O–H groups in total. The van der Waals surface area contributed by atoms with Crippen LogP contribution in [0, 0.1) is 0 Å². The summed E-state index contributed by atoms with van der Waals surface area (Å²) in [4.78, 5) is 29.1. The van der Waals surface area contributed by atoms with E-state index in [1.807, 2.05) is 47.4 Å². The quantitative estimate of drug-likeness (QED) is 0.938. The summed E-state index contributed by atoms with van der Waals surface area (Å²) in [6, 6.07) is 17.0. The van der Waals surface area contributed by atoms with Crippen molar-refractivity contribution in [3.8, 4) is 0 Å². The number of rotatable bonds is 3. The Kier molecular flexibility index (Phi) is 4.01. The van der Waals surface area contributed by atoms with Crippen LogP contribution in [0.1, 0.15) is 34.8 Å². The van der Waals surface area contributed by atoms with Gasteiger partial charge in [-0.3, -0.25) is 19.4 Å². The van der Waals surface area contributed by atoms with Crippen molar-refractivity contribution < 1.29 is 9.59 Å². The van der Waals surface area contributed by atoms with Gasteiger partial charge in [0.1, 0.15) is 6.04 Å². The zero-order valence-electron chi connectivity index (χ0n) is 14.2. The first-order valence-corrected chi connectivity index (χ1v) is 8.66. The van der Waals surface area contributed by atoms with E-state index in [0.717, 1.165) is 30.6 Å². The summed E-state index contributed by atoms with van der Waals surface area (Å²) in [5.74, 6) is -0.00690. The van der Waals surface area contributed by atoms with Crippen LogP contribution in [-0.4, -0.2) is 36.5 Å². The molecule has 128 valence electrons. The van der Waals surface area contributed by atoms with E-state index in [4.69, 9.17) is 0 Å². The number of amides is 2. The third-order valence-electron chi connectivity index (χ3n) is 5.11. The van der Waals surface area contributed by atoms with E-state index in [-0.39, 0.29) is 24.0 Å². The van der Waals surface area contributed by atoms with Crippen LogP contribution in [0.4, 0.5) is 5.69 Å². The third kappa shape index (κ3) is 2.61. The second-order valence-electron chi connectivity index (χ2n) is 6.51. The number of carbonyl (C=O) groups is 2. The second-order valence-corrected chi connectivity index (χ2v) is 6.51. The van der Waals surface area contributed by atoms with Gasteiger partial charge in [0.15, 0.2) is 0 Å². The Morgan fingerprint density at radius 2 is 1.80 bits per heavy atom. The molecule has 0 aromatic heterocycles. The highest BCUT2D eigenvalue weighted by Crippen LogP contribution is 2.41. The Labute approximate surface area is 147 Å². The van der Waals surface area contributed by atoms with Gasteiger partial charge in [-0.25, -0.2) is 0 Å². The largest absolute Gasteiger partial charge is 0.355 e. The summed E-state index contributed by atoms with van der Waals surface area (Å²) >= 11 is 0. The molecule has 0 unspecified atom stereocenters. The van der Waals surface area contributed by atoms with Gasteiger partial charge in [0.25, 0.3) is 5.91 Å². The predicted molar refractivity (Wildman–Crippen MR) is 96.2 cm³/mol. The lowest BCUT2D eigenvalue weighted by Crippen LogP contribution is -2.35. The van der Waals surface area contributed by atoms with Crippen molar-refractivity contribution in [3.63, 3.8) is 0 Å². The fourth-order valence-corrected chi connectivity index (χ4v) is 3.96. The van der Waals surface area contributed by atoms with Gasteiger partial charge in [0, 0.05) is 24.8 Å². The summed E-state index contributed by atoms with van der Waals surface area (Å²) in [6.07, 6.45) is 2.17. The Morgan fingerprint density at radius 3 is 2.48 bits per heavy atom. The Hall–Kier alpha value is -2.66. The molecule has 5 nitrogen and oxygen atoms in total. The van der Waals surface area contributed by atoms with E-state index in [2.05, 4.69) is 10.2 Å². The molecule has 2 amide bonds. The smallest absolute Gasteiger partial charge is 0.251 e. The van der Waals surface area contributed by atoms with Gasteiger partial charge in [0.05, 0.1) is 6.17 Å². The number of nitrogens with one attached hydrogen (secondary N) is 1.